The van der Waals surface area contributed by atoms with Crippen LogP contribution in [0.2, 0.25) is 0 Å². The zero-order chi connectivity index (χ0) is 20.6. The summed E-state index contributed by atoms with van der Waals surface area (Å²) in [6.45, 7) is 5.83. The Labute approximate surface area is 158 Å². The Kier molecular flexibility index (Phi) is 5.05. The summed E-state index contributed by atoms with van der Waals surface area (Å²) in [5.41, 5.74) is -0.0185. The Balaban J connectivity index is 1.74. The van der Waals surface area contributed by atoms with Gasteiger partial charge in [-0.2, -0.15) is 5.10 Å². The second-order valence-corrected chi connectivity index (χ2v) is 7.36. The molecule has 0 spiro atoms. The normalized spacial score (nSPS) is 13.9. The first-order valence-corrected chi connectivity index (χ1v) is 8.55. The highest BCUT2D eigenvalue weighted by Crippen LogP contribution is 2.26. The van der Waals surface area contributed by atoms with Crippen molar-refractivity contribution in [1.82, 2.24) is 15.1 Å². The maximum Gasteiger partial charge on any atom is 0.410 e. The van der Waals surface area contributed by atoms with Gasteiger partial charge in [-0.1, -0.05) is 0 Å². The summed E-state index contributed by atoms with van der Waals surface area (Å²) in [5.74, 6) is -5.48. The van der Waals surface area contributed by atoms with Gasteiger partial charge in [0.1, 0.15) is 5.60 Å². The number of nitrogens with zero attached hydrogens (tertiary/aromatic N) is 2. The van der Waals surface area contributed by atoms with Crippen molar-refractivity contribution in [3.63, 3.8) is 0 Å². The van der Waals surface area contributed by atoms with Crippen molar-refractivity contribution in [2.75, 3.05) is 11.9 Å². The second kappa shape index (κ2) is 7.17. The minimum atomic E-state index is -1.72. The molecule has 0 bridgehead atoms. The first-order chi connectivity index (χ1) is 13.1. The molecule has 1 aromatic heterocycles. The molecule has 28 heavy (non-hydrogen) atoms. The number of carbonyl (C=O) groups is 2. The minimum absolute atomic E-state index is 0.146. The number of ether oxygens (including phenoxy) is 1. The Hall–Kier alpha value is -3.04. The van der Waals surface area contributed by atoms with Gasteiger partial charge in [-0.15, -0.1) is 0 Å². The third kappa shape index (κ3) is 3.95. The van der Waals surface area contributed by atoms with Crippen molar-refractivity contribution in [2.45, 2.75) is 39.3 Å². The molecular formula is C18H19F3N4O3. The number of aromatic nitrogens is 2. The van der Waals surface area contributed by atoms with Crippen molar-refractivity contribution < 1.29 is 27.5 Å². The van der Waals surface area contributed by atoms with Crippen molar-refractivity contribution in [2.24, 2.45) is 0 Å². The van der Waals surface area contributed by atoms with E-state index in [1.807, 2.05) is 0 Å². The Bertz CT molecular complexity index is 937. The fraction of sp³-hybridized carbons (Fsp3) is 0.389. The van der Waals surface area contributed by atoms with Crippen LogP contribution in [0, 0.1) is 17.5 Å². The number of rotatable bonds is 2. The number of H-pyrrole nitrogens is 1. The molecule has 0 saturated carbocycles. The number of benzene rings is 1. The lowest BCUT2D eigenvalue weighted by molar-refractivity contribution is 0.0221. The van der Waals surface area contributed by atoms with Gasteiger partial charge in [0.2, 0.25) is 0 Å². The van der Waals surface area contributed by atoms with Crippen molar-refractivity contribution >= 4 is 17.8 Å². The maximum absolute atomic E-state index is 13.8. The van der Waals surface area contributed by atoms with Gasteiger partial charge in [-0.25, -0.2) is 18.0 Å². The molecule has 10 heteroatoms. The lowest BCUT2D eigenvalue weighted by Gasteiger charge is -2.29. The quantitative estimate of drug-likeness (QED) is 0.762. The number of fused-ring (bicyclic) bond motifs is 1. The van der Waals surface area contributed by atoms with Crippen molar-refractivity contribution in [3.05, 3.63) is 46.4 Å². The van der Waals surface area contributed by atoms with E-state index in [9.17, 15) is 22.8 Å². The molecule has 2 aromatic rings. The smallest absolute Gasteiger partial charge is 0.410 e. The van der Waals surface area contributed by atoms with Crippen LogP contribution in [0.15, 0.2) is 12.1 Å². The predicted molar refractivity (Wildman–Crippen MR) is 93.2 cm³/mol. The van der Waals surface area contributed by atoms with Crippen LogP contribution in [0.3, 0.4) is 0 Å². The highest BCUT2D eigenvalue weighted by molar-refractivity contribution is 6.04. The van der Waals surface area contributed by atoms with E-state index in [-0.39, 0.29) is 12.4 Å². The summed E-state index contributed by atoms with van der Waals surface area (Å²) >= 11 is 0. The summed E-state index contributed by atoms with van der Waals surface area (Å²) in [7, 11) is 0. The first-order valence-electron chi connectivity index (χ1n) is 8.55. The standard InChI is InChI=1S/C18H19F3N4O3/c1-18(2,3)28-17(27)25-7-6-9-12(8-25)23-24-15(9)22-16(26)10-4-5-11(19)14(21)13(10)20/h4-5H,6-8H2,1-3H3,(H2,22,23,24,26). The summed E-state index contributed by atoms with van der Waals surface area (Å²) in [4.78, 5) is 25.9. The Morgan fingerprint density at radius 1 is 1.21 bits per heavy atom. The molecule has 1 aromatic carbocycles. The van der Waals surface area contributed by atoms with E-state index in [0.717, 1.165) is 6.07 Å². The summed E-state index contributed by atoms with van der Waals surface area (Å²) in [6.07, 6.45) is -0.0942. The van der Waals surface area contributed by atoms with Gasteiger partial charge in [0.15, 0.2) is 23.3 Å². The van der Waals surface area contributed by atoms with Crippen LogP contribution < -0.4 is 5.32 Å². The van der Waals surface area contributed by atoms with E-state index >= 15 is 0 Å². The number of carbonyl (C=O) groups excluding carboxylic acids is 2. The van der Waals surface area contributed by atoms with Gasteiger partial charge in [0.05, 0.1) is 17.8 Å². The molecule has 0 saturated heterocycles. The number of aromatic amines is 1. The van der Waals surface area contributed by atoms with Gasteiger partial charge < -0.3 is 15.0 Å². The van der Waals surface area contributed by atoms with Gasteiger partial charge in [0.25, 0.3) is 5.91 Å². The SMILES string of the molecule is CC(C)(C)OC(=O)N1CCc2c(NC(=O)c3ccc(F)c(F)c3F)n[nH]c2C1. The lowest BCUT2D eigenvalue weighted by Crippen LogP contribution is -2.39. The number of anilines is 1. The zero-order valence-corrected chi connectivity index (χ0v) is 15.5. The van der Waals surface area contributed by atoms with Crippen LogP contribution in [0.1, 0.15) is 42.4 Å². The highest BCUT2D eigenvalue weighted by atomic mass is 19.2. The molecule has 2 N–H and O–H groups in total. The van der Waals surface area contributed by atoms with Crippen LogP contribution in [0.4, 0.5) is 23.8 Å². The number of hydrogen-bond donors (Lipinski definition) is 2. The Morgan fingerprint density at radius 3 is 2.61 bits per heavy atom. The molecule has 0 radical (unpaired) electrons. The van der Waals surface area contributed by atoms with Crippen LogP contribution in [-0.4, -0.2) is 39.2 Å². The molecule has 2 heterocycles. The predicted octanol–water partition coefficient (Wildman–Crippen LogP) is 3.37. The summed E-state index contributed by atoms with van der Waals surface area (Å²) in [5, 5.41) is 9.09. The van der Waals surface area contributed by atoms with Gasteiger partial charge >= 0.3 is 6.09 Å². The van der Waals surface area contributed by atoms with E-state index in [0.29, 0.717) is 30.3 Å². The van der Waals surface area contributed by atoms with E-state index in [1.165, 1.54) is 4.90 Å². The lowest BCUT2D eigenvalue weighted by atomic mass is 10.1. The molecule has 0 unspecified atom stereocenters. The number of hydrogen-bond acceptors (Lipinski definition) is 4. The van der Waals surface area contributed by atoms with E-state index in [2.05, 4.69) is 15.5 Å². The number of halogens is 3. The molecule has 3 rings (SSSR count). The molecule has 0 atom stereocenters. The van der Waals surface area contributed by atoms with Gasteiger partial charge in [-0.3, -0.25) is 9.89 Å². The van der Waals surface area contributed by atoms with E-state index < -0.39 is 40.6 Å². The van der Waals surface area contributed by atoms with E-state index in [1.54, 1.807) is 20.8 Å². The van der Waals surface area contributed by atoms with E-state index in [4.69, 9.17) is 4.74 Å². The van der Waals surface area contributed by atoms with Crippen molar-refractivity contribution in [1.29, 1.82) is 0 Å². The van der Waals surface area contributed by atoms with Crippen LogP contribution in [0.5, 0.6) is 0 Å². The van der Waals surface area contributed by atoms with Crippen LogP contribution >= 0.6 is 0 Å². The number of amides is 2. The molecular weight excluding hydrogens is 377 g/mol. The molecule has 7 nitrogen and oxygen atoms in total. The molecule has 0 fully saturated rings. The third-order valence-corrected chi connectivity index (χ3v) is 4.10. The Morgan fingerprint density at radius 2 is 1.93 bits per heavy atom. The molecule has 1 aliphatic heterocycles. The largest absolute Gasteiger partial charge is 0.444 e. The van der Waals surface area contributed by atoms with Crippen LogP contribution in [0.25, 0.3) is 0 Å². The van der Waals surface area contributed by atoms with Gasteiger partial charge in [0, 0.05) is 12.1 Å². The maximum atomic E-state index is 13.8. The fourth-order valence-corrected chi connectivity index (χ4v) is 2.78. The second-order valence-electron chi connectivity index (χ2n) is 7.36. The van der Waals surface area contributed by atoms with Crippen LogP contribution in [-0.2, 0) is 17.7 Å². The fourth-order valence-electron chi connectivity index (χ4n) is 2.78. The molecule has 2 amide bonds. The average Bonchev–Trinajstić information content (AvgIpc) is 3.00. The number of nitrogens with one attached hydrogen (secondary N) is 2. The molecule has 0 aliphatic carbocycles. The summed E-state index contributed by atoms with van der Waals surface area (Å²) in [6, 6.07) is 1.53. The third-order valence-electron chi connectivity index (χ3n) is 4.10. The molecule has 150 valence electrons. The van der Waals surface area contributed by atoms with Gasteiger partial charge in [-0.05, 0) is 39.3 Å². The highest BCUT2D eigenvalue weighted by Gasteiger charge is 2.29. The minimum Gasteiger partial charge on any atom is -0.444 e. The van der Waals surface area contributed by atoms with Crippen molar-refractivity contribution in [3.8, 4) is 0 Å². The average molecular weight is 396 g/mol. The monoisotopic (exact) mass is 396 g/mol. The zero-order valence-electron chi connectivity index (χ0n) is 15.5. The topological polar surface area (TPSA) is 87.3 Å². The molecule has 1 aliphatic rings. The summed E-state index contributed by atoms with van der Waals surface area (Å²) < 4.78 is 45.5. The first kappa shape index (κ1) is 19.7.